The SMILES string of the molecule is N#CCc1cc2oc(=O)sc2cc1O. The molecule has 1 aromatic heterocycles. The third-order valence-corrected chi connectivity index (χ3v) is 2.59. The molecule has 0 aliphatic rings. The van der Waals surface area contributed by atoms with Gasteiger partial charge in [0.15, 0.2) is 0 Å². The van der Waals surface area contributed by atoms with E-state index in [4.69, 9.17) is 9.68 Å². The van der Waals surface area contributed by atoms with Crippen LogP contribution < -0.4 is 4.94 Å². The van der Waals surface area contributed by atoms with E-state index in [-0.39, 0.29) is 12.2 Å². The van der Waals surface area contributed by atoms with Crippen molar-refractivity contribution in [1.29, 1.82) is 5.26 Å². The van der Waals surface area contributed by atoms with E-state index in [1.165, 1.54) is 12.1 Å². The maximum absolute atomic E-state index is 10.9. The monoisotopic (exact) mass is 207 g/mol. The Hall–Kier alpha value is -1.80. The topological polar surface area (TPSA) is 74.2 Å². The molecule has 1 aromatic carbocycles. The molecule has 0 atom stereocenters. The molecule has 0 aliphatic heterocycles. The molecule has 0 saturated heterocycles. The highest BCUT2D eigenvalue weighted by molar-refractivity contribution is 7.16. The fraction of sp³-hybridized carbons (Fsp3) is 0.111. The van der Waals surface area contributed by atoms with E-state index >= 15 is 0 Å². The number of nitrogens with zero attached hydrogens (tertiary/aromatic N) is 1. The molecule has 0 amide bonds. The lowest BCUT2D eigenvalue weighted by atomic mass is 10.1. The van der Waals surface area contributed by atoms with Crippen LogP contribution in [0.15, 0.2) is 21.3 Å². The van der Waals surface area contributed by atoms with Crippen LogP contribution in [0.4, 0.5) is 0 Å². The second kappa shape index (κ2) is 3.16. The summed E-state index contributed by atoms with van der Waals surface area (Å²) in [6.45, 7) is 0. The molecule has 5 heteroatoms. The molecule has 0 spiro atoms. The van der Waals surface area contributed by atoms with Crippen LogP contribution in [0.5, 0.6) is 5.75 Å². The van der Waals surface area contributed by atoms with Crippen molar-refractivity contribution in [2.75, 3.05) is 0 Å². The summed E-state index contributed by atoms with van der Waals surface area (Å²) in [4.78, 5) is 10.5. The smallest absolute Gasteiger partial charge is 0.396 e. The summed E-state index contributed by atoms with van der Waals surface area (Å²) in [7, 11) is 0. The minimum atomic E-state index is -0.409. The number of phenolic OH excluding ortho intramolecular Hbond substituents is 1. The summed E-state index contributed by atoms with van der Waals surface area (Å²) in [6, 6.07) is 4.88. The number of fused-ring (bicyclic) bond motifs is 1. The predicted octanol–water partition coefficient (Wildman–Crippen LogP) is 1.63. The third kappa shape index (κ3) is 1.36. The largest absolute Gasteiger partial charge is 0.508 e. The minimum Gasteiger partial charge on any atom is -0.508 e. The van der Waals surface area contributed by atoms with Crippen LogP contribution in [-0.2, 0) is 6.42 Å². The van der Waals surface area contributed by atoms with Crippen molar-refractivity contribution in [2.24, 2.45) is 0 Å². The molecule has 0 bridgehead atoms. The first kappa shape index (κ1) is 8.78. The van der Waals surface area contributed by atoms with Crippen molar-refractivity contribution in [3.05, 3.63) is 27.4 Å². The molecule has 70 valence electrons. The Kier molecular flexibility index (Phi) is 1.98. The van der Waals surface area contributed by atoms with E-state index in [9.17, 15) is 9.90 Å². The van der Waals surface area contributed by atoms with E-state index in [1.54, 1.807) is 0 Å². The first-order valence-corrected chi connectivity index (χ1v) is 4.65. The summed E-state index contributed by atoms with van der Waals surface area (Å²) in [5, 5.41) is 17.9. The molecule has 0 aliphatic carbocycles. The Bertz CT molecular complexity index is 576. The summed E-state index contributed by atoms with van der Waals surface area (Å²) in [5.74, 6) is 0.0242. The Morgan fingerprint density at radius 2 is 2.36 bits per heavy atom. The average Bonchev–Trinajstić information content (AvgIpc) is 2.45. The van der Waals surface area contributed by atoms with Gasteiger partial charge in [-0.15, -0.1) is 0 Å². The molecular formula is C9H5NO3S. The number of rotatable bonds is 1. The number of benzene rings is 1. The van der Waals surface area contributed by atoms with Gasteiger partial charge in [0.25, 0.3) is 0 Å². The quantitative estimate of drug-likeness (QED) is 0.771. The van der Waals surface area contributed by atoms with Crippen LogP contribution in [-0.4, -0.2) is 5.11 Å². The van der Waals surface area contributed by atoms with Crippen molar-refractivity contribution >= 4 is 21.6 Å². The summed E-state index contributed by atoms with van der Waals surface area (Å²) in [5.41, 5.74) is 0.893. The van der Waals surface area contributed by atoms with Crippen LogP contribution >= 0.6 is 11.3 Å². The Labute approximate surface area is 82.6 Å². The van der Waals surface area contributed by atoms with Crippen LogP contribution in [0.2, 0.25) is 0 Å². The number of hydrogen-bond donors (Lipinski definition) is 1. The van der Waals surface area contributed by atoms with Gasteiger partial charge in [0.1, 0.15) is 11.3 Å². The molecule has 14 heavy (non-hydrogen) atoms. The van der Waals surface area contributed by atoms with Gasteiger partial charge in [-0.1, -0.05) is 11.3 Å². The molecule has 0 radical (unpaired) electrons. The van der Waals surface area contributed by atoms with Gasteiger partial charge < -0.3 is 9.52 Å². The second-order valence-electron chi connectivity index (χ2n) is 2.72. The standard InChI is InChI=1S/C9H5NO3S/c10-2-1-5-3-7-8(4-6(5)11)14-9(12)13-7/h3-4,11H,1H2. The molecule has 2 rings (SSSR count). The molecular weight excluding hydrogens is 202 g/mol. The zero-order chi connectivity index (χ0) is 10.1. The van der Waals surface area contributed by atoms with E-state index in [1.807, 2.05) is 6.07 Å². The van der Waals surface area contributed by atoms with Crippen LogP contribution in [0.1, 0.15) is 5.56 Å². The van der Waals surface area contributed by atoms with Gasteiger partial charge in [0.05, 0.1) is 17.2 Å². The normalized spacial score (nSPS) is 10.2. The third-order valence-electron chi connectivity index (χ3n) is 1.80. The lowest BCUT2D eigenvalue weighted by molar-refractivity contribution is 0.470. The van der Waals surface area contributed by atoms with Gasteiger partial charge in [-0.2, -0.15) is 5.26 Å². The maximum atomic E-state index is 10.9. The lowest BCUT2D eigenvalue weighted by Gasteiger charge is -1.97. The summed E-state index contributed by atoms with van der Waals surface area (Å²) < 4.78 is 5.44. The minimum absolute atomic E-state index is 0.0242. The summed E-state index contributed by atoms with van der Waals surface area (Å²) in [6.07, 6.45) is 0.0985. The van der Waals surface area contributed by atoms with Crippen molar-refractivity contribution in [3.63, 3.8) is 0 Å². The van der Waals surface area contributed by atoms with Crippen LogP contribution in [0.3, 0.4) is 0 Å². The highest BCUT2D eigenvalue weighted by Gasteiger charge is 2.07. The Morgan fingerprint density at radius 1 is 1.57 bits per heavy atom. The highest BCUT2D eigenvalue weighted by atomic mass is 32.1. The summed E-state index contributed by atoms with van der Waals surface area (Å²) >= 11 is 0.928. The molecule has 0 saturated carbocycles. The number of hydrogen-bond acceptors (Lipinski definition) is 5. The fourth-order valence-electron chi connectivity index (χ4n) is 1.18. The average molecular weight is 207 g/mol. The van der Waals surface area contributed by atoms with E-state index in [0.29, 0.717) is 15.8 Å². The molecule has 2 aromatic rings. The number of phenols is 1. The molecule has 0 unspecified atom stereocenters. The maximum Gasteiger partial charge on any atom is 0.396 e. The Morgan fingerprint density at radius 3 is 3.07 bits per heavy atom. The van der Waals surface area contributed by atoms with E-state index in [0.717, 1.165) is 11.3 Å². The molecule has 4 nitrogen and oxygen atoms in total. The highest BCUT2D eigenvalue weighted by Crippen LogP contribution is 2.26. The van der Waals surface area contributed by atoms with Crippen LogP contribution in [0.25, 0.3) is 10.3 Å². The van der Waals surface area contributed by atoms with Crippen molar-refractivity contribution < 1.29 is 9.52 Å². The van der Waals surface area contributed by atoms with Gasteiger partial charge >= 0.3 is 4.94 Å². The second-order valence-corrected chi connectivity index (χ2v) is 3.69. The first-order valence-electron chi connectivity index (χ1n) is 3.83. The van der Waals surface area contributed by atoms with Gasteiger partial charge in [0, 0.05) is 11.6 Å². The fourth-order valence-corrected chi connectivity index (χ4v) is 1.86. The van der Waals surface area contributed by atoms with Crippen LogP contribution in [0, 0.1) is 11.3 Å². The molecule has 0 fully saturated rings. The molecule has 1 N–H and O–H groups in total. The van der Waals surface area contributed by atoms with Gasteiger partial charge in [0.2, 0.25) is 0 Å². The van der Waals surface area contributed by atoms with Crippen molar-refractivity contribution in [2.45, 2.75) is 6.42 Å². The predicted molar refractivity (Wildman–Crippen MR) is 51.3 cm³/mol. The van der Waals surface area contributed by atoms with Gasteiger partial charge in [-0.05, 0) is 6.07 Å². The van der Waals surface area contributed by atoms with E-state index in [2.05, 4.69) is 0 Å². The lowest BCUT2D eigenvalue weighted by Crippen LogP contribution is -1.82. The zero-order valence-electron chi connectivity index (χ0n) is 6.98. The molecule has 1 heterocycles. The van der Waals surface area contributed by atoms with Gasteiger partial charge in [-0.3, -0.25) is 0 Å². The first-order chi connectivity index (χ1) is 6.70. The Balaban J connectivity index is 2.71. The number of nitriles is 1. The van der Waals surface area contributed by atoms with Gasteiger partial charge in [-0.25, -0.2) is 4.79 Å². The van der Waals surface area contributed by atoms with E-state index < -0.39 is 4.94 Å². The van der Waals surface area contributed by atoms with Crippen molar-refractivity contribution in [1.82, 2.24) is 0 Å². The number of aromatic hydroxyl groups is 1. The zero-order valence-corrected chi connectivity index (χ0v) is 7.80. The van der Waals surface area contributed by atoms with Crippen molar-refractivity contribution in [3.8, 4) is 11.8 Å².